The summed E-state index contributed by atoms with van der Waals surface area (Å²) in [6.45, 7) is 0. The molecule has 0 bridgehead atoms. The van der Waals surface area contributed by atoms with Crippen molar-refractivity contribution in [3.05, 3.63) is 62.2 Å². The average molecular weight is 333 g/mol. The summed E-state index contributed by atoms with van der Waals surface area (Å²) in [5, 5.41) is 33.2. The topological polar surface area (TPSA) is 137 Å². The third-order valence-corrected chi connectivity index (χ3v) is 2.92. The molecule has 0 saturated carbocycles. The monoisotopic (exact) mass is 333 g/mol. The van der Waals surface area contributed by atoms with Crippen LogP contribution in [0.1, 0.15) is 5.56 Å². The second-order valence-electron chi connectivity index (χ2n) is 4.46. The maximum atomic E-state index is 10.9. The van der Waals surface area contributed by atoms with Gasteiger partial charge in [0.25, 0.3) is 11.4 Å². The Morgan fingerprint density at radius 3 is 2.17 bits per heavy atom. The molecule has 0 spiro atoms. The lowest BCUT2D eigenvalue weighted by Gasteiger charge is -2.10. The molecule has 0 unspecified atom stereocenters. The number of methoxy groups -OCH3 is 1. The zero-order chi connectivity index (χ0) is 17.7. The van der Waals surface area contributed by atoms with E-state index in [4.69, 9.17) is 14.7 Å². The number of oxime groups is 1. The average Bonchev–Trinajstić information content (AvgIpc) is 2.56. The first-order chi connectivity index (χ1) is 11.4. The van der Waals surface area contributed by atoms with Crippen LogP contribution in [0.25, 0.3) is 0 Å². The quantitative estimate of drug-likeness (QED) is 0.371. The number of nitrogens with zero attached hydrogens (tertiary/aromatic N) is 3. The number of nitro groups is 2. The molecule has 24 heavy (non-hydrogen) atoms. The SMILES string of the molecule is COc1cc(/C=N\O)ccc1Oc1cc([N+](=O)[O-])cc([N+](=O)[O-])c1. The molecule has 124 valence electrons. The second-order valence-corrected chi connectivity index (χ2v) is 4.46. The largest absolute Gasteiger partial charge is 0.493 e. The van der Waals surface area contributed by atoms with Gasteiger partial charge < -0.3 is 14.7 Å². The molecule has 1 N–H and O–H groups in total. The van der Waals surface area contributed by atoms with E-state index in [-0.39, 0.29) is 17.2 Å². The molecule has 0 aliphatic carbocycles. The molecule has 2 aromatic carbocycles. The van der Waals surface area contributed by atoms with Crippen molar-refractivity contribution in [2.75, 3.05) is 7.11 Å². The maximum absolute atomic E-state index is 10.9. The van der Waals surface area contributed by atoms with Crippen molar-refractivity contribution in [3.8, 4) is 17.2 Å². The Bertz CT molecular complexity index is 788. The molecule has 2 rings (SSSR count). The molecule has 0 aromatic heterocycles. The molecule has 2 aromatic rings. The van der Waals surface area contributed by atoms with Gasteiger partial charge in [0, 0.05) is 5.56 Å². The first-order valence-electron chi connectivity index (χ1n) is 6.42. The van der Waals surface area contributed by atoms with Gasteiger partial charge in [-0.15, -0.1) is 0 Å². The Labute approximate surface area is 134 Å². The van der Waals surface area contributed by atoms with Crippen molar-refractivity contribution >= 4 is 17.6 Å². The standard InChI is InChI=1S/C14H11N3O7/c1-23-14-4-9(8-15-18)2-3-13(14)24-12-6-10(16(19)20)5-11(7-12)17(21)22/h2-8,18H,1H3/b15-8-. The van der Waals surface area contributed by atoms with Gasteiger partial charge >= 0.3 is 0 Å². The van der Waals surface area contributed by atoms with Gasteiger partial charge in [-0.1, -0.05) is 5.16 Å². The van der Waals surface area contributed by atoms with Crippen LogP contribution >= 0.6 is 0 Å². The minimum absolute atomic E-state index is 0.0854. The minimum Gasteiger partial charge on any atom is -0.493 e. The van der Waals surface area contributed by atoms with E-state index in [1.807, 2.05) is 0 Å². The molecule has 0 saturated heterocycles. The van der Waals surface area contributed by atoms with Crippen LogP contribution in [-0.2, 0) is 0 Å². The summed E-state index contributed by atoms with van der Waals surface area (Å²) < 4.78 is 10.6. The third-order valence-electron chi connectivity index (χ3n) is 2.92. The summed E-state index contributed by atoms with van der Waals surface area (Å²) in [5.41, 5.74) is -0.420. The Hall–Kier alpha value is -3.69. The summed E-state index contributed by atoms with van der Waals surface area (Å²) in [4.78, 5) is 20.3. The highest BCUT2D eigenvalue weighted by molar-refractivity contribution is 5.80. The third kappa shape index (κ3) is 3.74. The number of ether oxygens (including phenoxy) is 2. The smallest absolute Gasteiger partial charge is 0.280 e. The lowest BCUT2D eigenvalue weighted by Crippen LogP contribution is -1.96. The fraction of sp³-hybridized carbons (Fsp3) is 0.0714. The van der Waals surface area contributed by atoms with E-state index in [9.17, 15) is 20.2 Å². The number of nitro benzene ring substituents is 2. The summed E-state index contributed by atoms with van der Waals surface area (Å²) in [7, 11) is 1.37. The highest BCUT2D eigenvalue weighted by Gasteiger charge is 2.18. The fourth-order valence-electron chi connectivity index (χ4n) is 1.88. The minimum atomic E-state index is -0.752. The van der Waals surface area contributed by atoms with Crippen LogP contribution < -0.4 is 9.47 Å². The highest BCUT2D eigenvalue weighted by Crippen LogP contribution is 2.35. The van der Waals surface area contributed by atoms with Gasteiger partial charge in [-0.3, -0.25) is 20.2 Å². The van der Waals surface area contributed by atoms with E-state index in [1.54, 1.807) is 6.07 Å². The van der Waals surface area contributed by atoms with Crippen LogP contribution in [0, 0.1) is 20.2 Å². The predicted octanol–water partition coefficient (Wildman–Crippen LogP) is 3.11. The summed E-state index contributed by atoms with van der Waals surface area (Å²) >= 11 is 0. The molecule has 10 heteroatoms. The highest BCUT2D eigenvalue weighted by atomic mass is 16.6. The van der Waals surface area contributed by atoms with E-state index in [1.165, 1.54) is 25.5 Å². The predicted molar refractivity (Wildman–Crippen MR) is 82.2 cm³/mol. The fourth-order valence-corrected chi connectivity index (χ4v) is 1.88. The molecule has 10 nitrogen and oxygen atoms in total. The van der Waals surface area contributed by atoms with Crippen molar-refractivity contribution in [3.63, 3.8) is 0 Å². The lowest BCUT2D eigenvalue weighted by atomic mass is 10.2. The zero-order valence-electron chi connectivity index (χ0n) is 12.3. The summed E-state index contributed by atoms with van der Waals surface area (Å²) in [6, 6.07) is 7.49. The Morgan fingerprint density at radius 2 is 1.67 bits per heavy atom. The van der Waals surface area contributed by atoms with Gasteiger partial charge in [-0.05, 0) is 18.2 Å². The van der Waals surface area contributed by atoms with Crippen LogP contribution in [0.5, 0.6) is 17.2 Å². The van der Waals surface area contributed by atoms with E-state index < -0.39 is 21.2 Å². The first-order valence-corrected chi connectivity index (χ1v) is 6.42. The zero-order valence-corrected chi connectivity index (χ0v) is 12.3. The second kappa shape index (κ2) is 7.05. The van der Waals surface area contributed by atoms with Gasteiger partial charge in [0.2, 0.25) is 0 Å². The lowest BCUT2D eigenvalue weighted by molar-refractivity contribution is -0.394. The number of benzene rings is 2. The Balaban J connectivity index is 2.43. The Kier molecular flexibility index (Phi) is 4.90. The number of hydrogen-bond donors (Lipinski definition) is 1. The summed E-state index contributed by atoms with van der Waals surface area (Å²) in [6.07, 6.45) is 1.17. The van der Waals surface area contributed by atoms with Crippen molar-refractivity contribution in [2.24, 2.45) is 5.16 Å². The number of rotatable bonds is 6. The van der Waals surface area contributed by atoms with E-state index >= 15 is 0 Å². The molecule has 0 aliphatic rings. The molecular formula is C14H11N3O7. The molecular weight excluding hydrogens is 322 g/mol. The van der Waals surface area contributed by atoms with E-state index in [2.05, 4.69) is 5.16 Å². The van der Waals surface area contributed by atoms with E-state index in [0.717, 1.165) is 18.2 Å². The number of hydrogen-bond acceptors (Lipinski definition) is 8. The molecule has 0 fully saturated rings. The molecule has 0 aliphatic heterocycles. The van der Waals surface area contributed by atoms with Crippen LogP contribution in [0.15, 0.2) is 41.6 Å². The van der Waals surface area contributed by atoms with Gasteiger partial charge in [0.05, 0.1) is 41.4 Å². The van der Waals surface area contributed by atoms with Crippen molar-refractivity contribution in [1.29, 1.82) is 0 Å². The van der Waals surface area contributed by atoms with Crippen LogP contribution in [-0.4, -0.2) is 28.4 Å². The molecule has 0 amide bonds. The number of non-ortho nitro benzene ring substituents is 2. The first kappa shape index (κ1) is 16.7. The molecule has 0 heterocycles. The van der Waals surface area contributed by atoms with Crippen LogP contribution in [0.2, 0.25) is 0 Å². The van der Waals surface area contributed by atoms with Crippen LogP contribution in [0.4, 0.5) is 11.4 Å². The van der Waals surface area contributed by atoms with Gasteiger partial charge in [0.15, 0.2) is 11.5 Å². The normalized spacial score (nSPS) is 10.5. The van der Waals surface area contributed by atoms with Gasteiger partial charge in [0.1, 0.15) is 5.75 Å². The van der Waals surface area contributed by atoms with Gasteiger partial charge in [-0.2, -0.15) is 0 Å². The van der Waals surface area contributed by atoms with E-state index in [0.29, 0.717) is 5.56 Å². The van der Waals surface area contributed by atoms with Gasteiger partial charge in [-0.25, -0.2) is 0 Å². The van der Waals surface area contributed by atoms with Crippen molar-refractivity contribution in [2.45, 2.75) is 0 Å². The van der Waals surface area contributed by atoms with Crippen molar-refractivity contribution in [1.82, 2.24) is 0 Å². The molecule has 0 radical (unpaired) electrons. The van der Waals surface area contributed by atoms with Crippen molar-refractivity contribution < 1.29 is 24.5 Å². The van der Waals surface area contributed by atoms with Crippen LogP contribution in [0.3, 0.4) is 0 Å². The Morgan fingerprint density at radius 1 is 1.04 bits per heavy atom. The maximum Gasteiger partial charge on any atom is 0.280 e. The summed E-state index contributed by atoms with van der Waals surface area (Å²) in [5.74, 6) is 0.349. The molecule has 0 atom stereocenters.